The Kier molecular flexibility index (Phi) is 4.23. The van der Waals surface area contributed by atoms with Gasteiger partial charge in [-0.1, -0.05) is 12.1 Å². The van der Waals surface area contributed by atoms with Crippen molar-refractivity contribution >= 4 is 44.5 Å². The molecule has 0 unspecified atom stereocenters. The second kappa shape index (κ2) is 5.23. The highest BCUT2D eigenvalue weighted by molar-refractivity contribution is 8.93. The van der Waals surface area contributed by atoms with Crippen molar-refractivity contribution in [2.45, 2.75) is 6.42 Å². The molecule has 0 saturated carbocycles. The van der Waals surface area contributed by atoms with E-state index in [2.05, 4.69) is 9.72 Å². The Hall–Kier alpha value is -0.940. The lowest BCUT2D eigenvalue weighted by atomic mass is 10.3. The van der Waals surface area contributed by atoms with E-state index in [9.17, 15) is 4.79 Å². The number of carbonyl (C=O) groups excluding carboxylic acids is 1. The SMILES string of the molecule is Br.COC(=O)Cc1nc2ccccc2s1. The lowest BCUT2D eigenvalue weighted by Crippen LogP contribution is -2.03. The van der Waals surface area contributed by atoms with Crippen LogP contribution in [0.25, 0.3) is 10.2 Å². The van der Waals surface area contributed by atoms with E-state index in [1.807, 2.05) is 24.3 Å². The Morgan fingerprint density at radius 3 is 2.87 bits per heavy atom. The van der Waals surface area contributed by atoms with Crippen LogP contribution < -0.4 is 0 Å². The number of carbonyl (C=O) groups is 1. The van der Waals surface area contributed by atoms with Crippen LogP contribution in [0, 0.1) is 0 Å². The fourth-order valence-electron chi connectivity index (χ4n) is 1.19. The van der Waals surface area contributed by atoms with Crippen LogP contribution in [0.3, 0.4) is 0 Å². The van der Waals surface area contributed by atoms with Crippen molar-refractivity contribution < 1.29 is 9.53 Å². The van der Waals surface area contributed by atoms with Gasteiger partial charge in [-0.3, -0.25) is 4.79 Å². The highest BCUT2D eigenvalue weighted by atomic mass is 79.9. The Labute approximate surface area is 102 Å². The summed E-state index contributed by atoms with van der Waals surface area (Å²) in [7, 11) is 1.38. The van der Waals surface area contributed by atoms with Gasteiger partial charge in [0, 0.05) is 0 Å². The lowest BCUT2D eigenvalue weighted by Gasteiger charge is -1.92. The molecule has 80 valence electrons. The maximum absolute atomic E-state index is 11.0. The molecule has 1 aromatic carbocycles. The zero-order valence-electron chi connectivity index (χ0n) is 8.10. The van der Waals surface area contributed by atoms with E-state index in [0.717, 1.165) is 15.2 Å². The number of benzene rings is 1. The normalized spacial score (nSPS) is 9.67. The number of halogens is 1. The van der Waals surface area contributed by atoms with Crippen LogP contribution in [0.15, 0.2) is 24.3 Å². The van der Waals surface area contributed by atoms with E-state index in [1.54, 1.807) is 0 Å². The molecule has 0 atom stereocenters. The predicted octanol–water partition coefficient (Wildman–Crippen LogP) is 2.59. The van der Waals surface area contributed by atoms with Crippen molar-refractivity contribution in [2.24, 2.45) is 0 Å². The van der Waals surface area contributed by atoms with E-state index in [1.165, 1.54) is 18.4 Å². The van der Waals surface area contributed by atoms with Crippen molar-refractivity contribution in [1.82, 2.24) is 4.98 Å². The fraction of sp³-hybridized carbons (Fsp3) is 0.200. The van der Waals surface area contributed by atoms with Crippen molar-refractivity contribution in [1.29, 1.82) is 0 Å². The first-order valence-corrected chi connectivity index (χ1v) is 5.02. The second-order valence-corrected chi connectivity index (χ2v) is 3.94. The third-order valence-electron chi connectivity index (χ3n) is 1.86. The van der Waals surface area contributed by atoms with E-state index >= 15 is 0 Å². The molecule has 0 aliphatic heterocycles. The zero-order chi connectivity index (χ0) is 9.97. The van der Waals surface area contributed by atoms with Gasteiger partial charge in [0.2, 0.25) is 0 Å². The number of ether oxygens (including phenoxy) is 1. The van der Waals surface area contributed by atoms with Gasteiger partial charge in [-0.2, -0.15) is 0 Å². The highest BCUT2D eigenvalue weighted by Crippen LogP contribution is 2.21. The number of thiazole rings is 1. The quantitative estimate of drug-likeness (QED) is 0.797. The molecule has 0 saturated heterocycles. The number of esters is 1. The van der Waals surface area contributed by atoms with Crippen molar-refractivity contribution in [3.05, 3.63) is 29.3 Å². The topological polar surface area (TPSA) is 39.2 Å². The molecule has 0 bridgehead atoms. The molecule has 0 radical (unpaired) electrons. The molecule has 2 rings (SSSR count). The van der Waals surface area contributed by atoms with Gasteiger partial charge >= 0.3 is 5.97 Å². The van der Waals surface area contributed by atoms with E-state index in [-0.39, 0.29) is 29.4 Å². The Bertz CT molecular complexity index is 436. The maximum Gasteiger partial charge on any atom is 0.312 e. The number of aromatic nitrogens is 1. The zero-order valence-corrected chi connectivity index (χ0v) is 10.6. The monoisotopic (exact) mass is 287 g/mol. The first-order valence-electron chi connectivity index (χ1n) is 4.21. The molecule has 0 amide bonds. The lowest BCUT2D eigenvalue weighted by molar-refractivity contribution is -0.139. The molecule has 0 spiro atoms. The van der Waals surface area contributed by atoms with Gasteiger partial charge in [-0.15, -0.1) is 28.3 Å². The minimum absolute atomic E-state index is 0. The van der Waals surface area contributed by atoms with Gasteiger partial charge in [-0.25, -0.2) is 4.98 Å². The molecular weight excluding hydrogens is 278 g/mol. The molecule has 0 fully saturated rings. The van der Waals surface area contributed by atoms with Crippen LogP contribution in [0.5, 0.6) is 0 Å². The summed E-state index contributed by atoms with van der Waals surface area (Å²) in [5.74, 6) is -0.246. The van der Waals surface area contributed by atoms with Crippen LogP contribution in [0.4, 0.5) is 0 Å². The van der Waals surface area contributed by atoms with Gasteiger partial charge in [-0.05, 0) is 12.1 Å². The summed E-state index contributed by atoms with van der Waals surface area (Å²) >= 11 is 1.53. The Balaban J connectivity index is 0.00000112. The van der Waals surface area contributed by atoms with Crippen LogP contribution in [-0.4, -0.2) is 18.1 Å². The average Bonchev–Trinajstić information content (AvgIpc) is 2.59. The van der Waals surface area contributed by atoms with Gasteiger partial charge in [0.25, 0.3) is 0 Å². The Morgan fingerprint density at radius 1 is 1.47 bits per heavy atom. The van der Waals surface area contributed by atoms with Gasteiger partial charge in [0.1, 0.15) is 5.01 Å². The molecular formula is C10H10BrNO2S. The summed E-state index contributed by atoms with van der Waals surface area (Å²) in [4.78, 5) is 15.3. The standard InChI is InChI=1S/C10H9NO2S.BrH/c1-13-10(12)6-9-11-7-4-2-3-5-8(7)14-9;/h2-5H,6H2,1H3;1H. The summed E-state index contributed by atoms with van der Waals surface area (Å²) in [6.45, 7) is 0. The first kappa shape index (κ1) is 12.1. The number of hydrogen-bond donors (Lipinski definition) is 0. The first-order chi connectivity index (χ1) is 6.79. The summed E-state index contributed by atoms with van der Waals surface area (Å²) < 4.78 is 5.68. The average molecular weight is 288 g/mol. The molecule has 5 heteroatoms. The molecule has 3 nitrogen and oxygen atoms in total. The molecule has 0 N–H and O–H groups in total. The van der Waals surface area contributed by atoms with E-state index in [4.69, 9.17) is 0 Å². The Morgan fingerprint density at radius 2 is 2.20 bits per heavy atom. The molecule has 1 aromatic heterocycles. The largest absolute Gasteiger partial charge is 0.469 e. The summed E-state index contributed by atoms with van der Waals surface area (Å²) in [5, 5.41) is 0.804. The predicted molar refractivity (Wildman–Crippen MR) is 65.7 cm³/mol. The van der Waals surface area contributed by atoms with Crippen LogP contribution >= 0.6 is 28.3 Å². The van der Waals surface area contributed by atoms with Gasteiger partial charge in [0.05, 0.1) is 23.7 Å². The van der Waals surface area contributed by atoms with Crippen LogP contribution in [0.2, 0.25) is 0 Å². The van der Waals surface area contributed by atoms with Crippen molar-refractivity contribution in [3.8, 4) is 0 Å². The van der Waals surface area contributed by atoms with Crippen LogP contribution in [0.1, 0.15) is 5.01 Å². The summed E-state index contributed by atoms with van der Waals surface area (Å²) in [6, 6.07) is 7.83. The fourth-order valence-corrected chi connectivity index (χ4v) is 2.14. The third-order valence-corrected chi connectivity index (χ3v) is 2.90. The minimum Gasteiger partial charge on any atom is -0.469 e. The van der Waals surface area contributed by atoms with Gasteiger partial charge < -0.3 is 4.74 Å². The number of hydrogen-bond acceptors (Lipinski definition) is 4. The van der Waals surface area contributed by atoms with E-state index < -0.39 is 0 Å². The number of methoxy groups -OCH3 is 1. The second-order valence-electron chi connectivity index (χ2n) is 2.83. The number of rotatable bonds is 2. The smallest absolute Gasteiger partial charge is 0.312 e. The third kappa shape index (κ3) is 2.76. The minimum atomic E-state index is -0.246. The van der Waals surface area contributed by atoms with E-state index in [0.29, 0.717) is 0 Å². The van der Waals surface area contributed by atoms with Gasteiger partial charge in [0.15, 0.2) is 0 Å². The van der Waals surface area contributed by atoms with Crippen molar-refractivity contribution in [2.75, 3.05) is 7.11 Å². The molecule has 2 aromatic rings. The molecule has 0 aliphatic rings. The summed E-state index contributed by atoms with van der Waals surface area (Å²) in [5.41, 5.74) is 0.941. The number of nitrogens with zero attached hydrogens (tertiary/aromatic N) is 1. The molecule has 15 heavy (non-hydrogen) atoms. The van der Waals surface area contributed by atoms with Crippen LogP contribution in [-0.2, 0) is 16.0 Å². The number of fused-ring (bicyclic) bond motifs is 1. The molecule has 1 heterocycles. The maximum atomic E-state index is 11.0. The molecule has 0 aliphatic carbocycles. The number of para-hydroxylation sites is 1. The highest BCUT2D eigenvalue weighted by Gasteiger charge is 2.07. The van der Waals surface area contributed by atoms with Crippen molar-refractivity contribution in [3.63, 3.8) is 0 Å². The summed E-state index contributed by atoms with van der Waals surface area (Å²) in [6.07, 6.45) is 0.260.